The van der Waals surface area contributed by atoms with Gasteiger partial charge in [0.05, 0.1) is 6.61 Å². The lowest BCUT2D eigenvalue weighted by atomic mass is 9.73. The Balaban J connectivity index is 2.10. The zero-order valence-electron chi connectivity index (χ0n) is 14.1. The molecule has 0 unspecified atom stereocenters. The number of rotatable bonds is 5. The SMILES string of the molecule is CCOC(=O)N[C@@H](C)C(=O)N1CCC[C@]1([C]=O)C1CCCCC1. The van der Waals surface area contributed by atoms with Gasteiger partial charge >= 0.3 is 6.09 Å². The molecule has 2 amide bonds. The summed E-state index contributed by atoms with van der Waals surface area (Å²) in [6.45, 7) is 4.15. The second-order valence-electron chi connectivity index (χ2n) is 6.54. The van der Waals surface area contributed by atoms with Gasteiger partial charge in [-0.3, -0.25) is 9.59 Å². The summed E-state index contributed by atoms with van der Waals surface area (Å²) >= 11 is 0. The fourth-order valence-corrected chi connectivity index (χ4v) is 3.99. The van der Waals surface area contributed by atoms with Gasteiger partial charge in [-0.05, 0) is 45.4 Å². The van der Waals surface area contributed by atoms with E-state index >= 15 is 0 Å². The van der Waals surface area contributed by atoms with Gasteiger partial charge in [-0.1, -0.05) is 19.3 Å². The summed E-state index contributed by atoms with van der Waals surface area (Å²) in [6, 6.07) is -0.705. The van der Waals surface area contributed by atoms with E-state index in [2.05, 4.69) is 11.6 Å². The molecule has 0 aromatic heterocycles. The number of nitrogens with one attached hydrogen (secondary N) is 1. The van der Waals surface area contributed by atoms with Crippen molar-refractivity contribution >= 4 is 18.3 Å². The van der Waals surface area contributed by atoms with Crippen LogP contribution in [-0.4, -0.2) is 47.9 Å². The van der Waals surface area contributed by atoms with Crippen LogP contribution in [0.4, 0.5) is 4.79 Å². The summed E-state index contributed by atoms with van der Waals surface area (Å²) in [5.41, 5.74) is -0.803. The van der Waals surface area contributed by atoms with Crippen molar-refractivity contribution in [1.29, 1.82) is 0 Å². The number of hydrogen-bond donors (Lipinski definition) is 1. The smallest absolute Gasteiger partial charge is 0.407 e. The van der Waals surface area contributed by atoms with Crippen molar-refractivity contribution in [2.45, 2.75) is 70.4 Å². The van der Waals surface area contributed by atoms with Crippen molar-refractivity contribution in [2.75, 3.05) is 13.2 Å². The molecule has 0 aromatic carbocycles. The minimum Gasteiger partial charge on any atom is -0.450 e. The van der Waals surface area contributed by atoms with E-state index in [-0.39, 0.29) is 18.4 Å². The molecule has 6 nitrogen and oxygen atoms in total. The van der Waals surface area contributed by atoms with Crippen LogP contribution in [0.15, 0.2) is 0 Å². The van der Waals surface area contributed by atoms with Gasteiger partial charge in [0.25, 0.3) is 0 Å². The first-order valence-corrected chi connectivity index (χ1v) is 8.69. The highest BCUT2D eigenvalue weighted by molar-refractivity contribution is 5.89. The van der Waals surface area contributed by atoms with Crippen LogP contribution in [0.5, 0.6) is 0 Å². The molecular weight excluding hydrogens is 296 g/mol. The Hall–Kier alpha value is -1.59. The molecule has 1 saturated heterocycles. The highest BCUT2D eigenvalue weighted by Gasteiger charge is 2.50. The van der Waals surface area contributed by atoms with Crippen LogP contribution in [0.1, 0.15) is 58.8 Å². The second-order valence-corrected chi connectivity index (χ2v) is 6.54. The van der Waals surface area contributed by atoms with Crippen LogP contribution < -0.4 is 5.32 Å². The van der Waals surface area contributed by atoms with E-state index in [0.717, 1.165) is 32.1 Å². The number of amides is 2. The van der Waals surface area contributed by atoms with Crippen molar-refractivity contribution in [3.8, 4) is 0 Å². The Kier molecular flexibility index (Phi) is 6.02. The molecule has 1 aliphatic carbocycles. The molecule has 2 rings (SSSR count). The lowest BCUT2D eigenvalue weighted by molar-refractivity contribution is -0.137. The van der Waals surface area contributed by atoms with Crippen LogP contribution in [0.3, 0.4) is 0 Å². The first-order valence-electron chi connectivity index (χ1n) is 8.69. The van der Waals surface area contributed by atoms with Gasteiger partial charge in [-0.25, -0.2) is 4.79 Å². The van der Waals surface area contributed by atoms with Crippen LogP contribution in [0.25, 0.3) is 0 Å². The normalized spacial score (nSPS) is 26.6. The number of carbonyl (C=O) groups is 2. The largest absolute Gasteiger partial charge is 0.450 e. The highest BCUT2D eigenvalue weighted by Crippen LogP contribution is 2.42. The number of ether oxygens (including phenoxy) is 1. The number of hydrogen-bond acceptors (Lipinski definition) is 4. The first kappa shape index (κ1) is 17.8. The van der Waals surface area contributed by atoms with Crippen LogP contribution in [0, 0.1) is 5.92 Å². The van der Waals surface area contributed by atoms with Crippen molar-refractivity contribution in [2.24, 2.45) is 5.92 Å². The summed E-state index contributed by atoms with van der Waals surface area (Å²) in [4.78, 5) is 37.8. The summed E-state index contributed by atoms with van der Waals surface area (Å²) in [5, 5.41) is 2.54. The van der Waals surface area contributed by atoms with E-state index in [1.807, 2.05) is 0 Å². The predicted octanol–water partition coefficient (Wildman–Crippen LogP) is 2.17. The average Bonchev–Trinajstić information content (AvgIpc) is 3.00. The monoisotopic (exact) mass is 323 g/mol. The second kappa shape index (κ2) is 7.79. The molecule has 2 atom stereocenters. The van der Waals surface area contributed by atoms with Gasteiger partial charge in [-0.2, -0.15) is 0 Å². The molecule has 2 aliphatic rings. The molecule has 0 aromatic rings. The minimum atomic E-state index is -0.803. The third-order valence-corrected chi connectivity index (χ3v) is 5.12. The van der Waals surface area contributed by atoms with Crippen molar-refractivity contribution in [1.82, 2.24) is 10.2 Å². The van der Waals surface area contributed by atoms with E-state index in [9.17, 15) is 14.4 Å². The fraction of sp³-hybridized carbons (Fsp3) is 0.824. The molecular formula is C17H27N2O4. The van der Waals surface area contributed by atoms with E-state index in [1.54, 1.807) is 18.7 Å². The molecule has 1 heterocycles. The van der Waals surface area contributed by atoms with Gasteiger partial charge in [0.15, 0.2) is 0 Å². The maximum Gasteiger partial charge on any atom is 0.407 e. The van der Waals surface area contributed by atoms with Crippen molar-refractivity contribution in [3.05, 3.63) is 0 Å². The Morgan fingerprint density at radius 1 is 1.30 bits per heavy atom. The van der Waals surface area contributed by atoms with Crippen molar-refractivity contribution in [3.63, 3.8) is 0 Å². The lowest BCUT2D eigenvalue weighted by Crippen LogP contribution is -2.58. The molecule has 1 saturated carbocycles. The average molecular weight is 323 g/mol. The number of nitrogens with zero attached hydrogens (tertiary/aromatic N) is 1. The molecule has 129 valence electrons. The standard InChI is InChI=1S/C17H27N2O4/c1-3-23-16(22)18-13(2)15(21)19-11-7-10-17(19,12-20)14-8-5-4-6-9-14/h13-14H,3-11H2,1-2H3,(H,18,22)/t13-,17-/m0/s1. The molecule has 1 N–H and O–H groups in total. The quantitative estimate of drug-likeness (QED) is 0.841. The third kappa shape index (κ3) is 3.67. The Labute approximate surface area is 137 Å². The number of carbonyl (C=O) groups excluding carboxylic acids is 3. The number of likely N-dealkylation sites (tertiary alicyclic amines) is 1. The first-order chi connectivity index (χ1) is 11.0. The van der Waals surface area contributed by atoms with Crippen LogP contribution in [-0.2, 0) is 14.3 Å². The predicted molar refractivity (Wildman–Crippen MR) is 85.6 cm³/mol. The van der Waals surface area contributed by atoms with Gasteiger partial charge < -0.3 is 15.0 Å². The Morgan fingerprint density at radius 3 is 2.61 bits per heavy atom. The van der Waals surface area contributed by atoms with Gasteiger partial charge in [-0.15, -0.1) is 0 Å². The molecule has 1 radical (unpaired) electrons. The van der Waals surface area contributed by atoms with Gasteiger partial charge in [0, 0.05) is 6.54 Å². The lowest BCUT2D eigenvalue weighted by Gasteiger charge is -2.42. The summed E-state index contributed by atoms with van der Waals surface area (Å²) in [7, 11) is 0. The minimum absolute atomic E-state index is 0.190. The van der Waals surface area contributed by atoms with Gasteiger partial charge in [0.1, 0.15) is 11.6 Å². The molecule has 2 fully saturated rings. The Bertz CT molecular complexity index is 448. The molecule has 0 spiro atoms. The van der Waals surface area contributed by atoms with E-state index < -0.39 is 17.7 Å². The number of alkyl carbamates (subject to hydrolysis) is 1. The molecule has 1 aliphatic heterocycles. The zero-order valence-corrected chi connectivity index (χ0v) is 14.1. The van der Waals surface area contributed by atoms with Gasteiger partial charge in [0.2, 0.25) is 12.2 Å². The van der Waals surface area contributed by atoms with Crippen LogP contribution in [0.2, 0.25) is 0 Å². The fourth-order valence-electron chi connectivity index (χ4n) is 3.99. The third-order valence-electron chi connectivity index (χ3n) is 5.12. The molecule has 0 bridgehead atoms. The van der Waals surface area contributed by atoms with Crippen LogP contribution >= 0.6 is 0 Å². The van der Waals surface area contributed by atoms with E-state index in [0.29, 0.717) is 13.0 Å². The van der Waals surface area contributed by atoms with E-state index in [4.69, 9.17) is 4.74 Å². The summed E-state index contributed by atoms with van der Waals surface area (Å²) < 4.78 is 4.82. The maximum absolute atomic E-state index is 12.8. The molecule has 6 heteroatoms. The van der Waals surface area contributed by atoms with E-state index in [1.165, 1.54) is 6.42 Å². The topological polar surface area (TPSA) is 75.7 Å². The summed E-state index contributed by atoms with van der Waals surface area (Å²) in [5.74, 6) is -0.0283. The Morgan fingerprint density at radius 2 is 2.00 bits per heavy atom. The summed E-state index contributed by atoms with van der Waals surface area (Å²) in [6.07, 6.45) is 8.45. The maximum atomic E-state index is 12.8. The van der Waals surface area contributed by atoms with Crippen molar-refractivity contribution < 1.29 is 19.1 Å². The zero-order chi connectivity index (χ0) is 16.9. The highest BCUT2D eigenvalue weighted by atomic mass is 16.5. The molecule has 23 heavy (non-hydrogen) atoms.